The maximum absolute atomic E-state index is 14.6. The first-order valence-corrected chi connectivity index (χ1v) is 14.1. The number of aliphatic imine (C=N–C) groups is 2. The molecule has 1 heterocycles. The van der Waals surface area contributed by atoms with E-state index in [1.807, 2.05) is 0 Å². The monoisotopic (exact) mass is 583 g/mol. The molecule has 0 radical (unpaired) electrons. The lowest BCUT2D eigenvalue weighted by molar-refractivity contribution is 0.0285. The fourth-order valence-corrected chi connectivity index (χ4v) is 5.65. The van der Waals surface area contributed by atoms with Gasteiger partial charge >= 0.3 is 6.03 Å². The summed E-state index contributed by atoms with van der Waals surface area (Å²) >= 11 is 1.28. The van der Waals surface area contributed by atoms with Crippen molar-refractivity contribution in [3.8, 4) is 0 Å². The van der Waals surface area contributed by atoms with Crippen molar-refractivity contribution in [1.29, 1.82) is 0 Å². The number of nitrogens with zero attached hydrogens (tertiary/aromatic N) is 3. The number of thioether (sulfide) groups is 1. The van der Waals surface area contributed by atoms with Crippen LogP contribution in [-0.4, -0.2) is 67.1 Å². The second kappa shape index (κ2) is 13.7. The summed E-state index contributed by atoms with van der Waals surface area (Å²) in [6.45, 7) is 4.98. The van der Waals surface area contributed by atoms with Gasteiger partial charge in [0.1, 0.15) is 17.5 Å². The summed E-state index contributed by atoms with van der Waals surface area (Å²) in [5.74, 6) is -0.681. The van der Waals surface area contributed by atoms with Crippen LogP contribution < -0.4 is 22.1 Å². The number of hydrogen-bond donors (Lipinski definition) is 4. The summed E-state index contributed by atoms with van der Waals surface area (Å²) < 4.78 is 33.5. The van der Waals surface area contributed by atoms with Crippen LogP contribution in [0.3, 0.4) is 0 Å². The van der Waals surface area contributed by atoms with Gasteiger partial charge in [0.15, 0.2) is 0 Å². The van der Waals surface area contributed by atoms with Gasteiger partial charge < -0.3 is 26.8 Å². The van der Waals surface area contributed by atoms with E-state index in [4.69, 9.17) is 21.2 Å². The molecule has 1 unspecified atom stereocenters. The lowest BCUT2D eigenvalue weighted by Crippen LogP contribution is -2.41. The third-order valence-electron chi connectivity index (χ3n) is 6.78. The average molecular weight is 584 g/mol. The summed E-state index contributed by atoms with van der Waals surface area (Å²) in [6.07, 6.45) is 6.25. The van der Waals surface area contributed by atoms with Crippen LogP contribution in [0.25, 0.3) is 0 Å². The van der Waals surface area contributed by atoms with Crippen LogP contribution in [0, 0.1) is 11.6 Å². The molecule has 1 saturated heterocycles. The molecule has 1 saturated carbocycles. The standard InChI is InChI=1S/C29H35F2N7O2S/c1-19(38-11-13-40-14-12-38)15-26(29(9-10-29)41-25-16-21(30)5-8-24(25)31)37-27(33)20-3-6-22(7-4-20)35-28(39)36-23(17-32)18-34-2/h3-8,15-19H,9-14,32H2,1-2H3,(H2,33,37)(H2,35,36,39)/b23-17?,26-15-,34-18?. The topological polar surface area (TPSA) is 130 Å². The van der Waals surface area contributed by atoms with Crippen molar-refractivity contribution in [3.05, 3.63) is 83.3 Å². The third kappa shape index (κ3) is 8.15. The van der Waals surface area contributed by atoms with Crippen molar-refractivity contribution >= 4 is 35.5 Å². The summed E-state index contributed by atoms with van der Waals surface area (Å²) in [4.78, 5) is 23.5. The van der Waals surface area contributed by atoms with Crippen LogP contribution in [0.4, 0.5) is 19.3 Å². The smallest absolute Gasteiger partial charge is 0.323 e. The molecule has 2 fully saturated rings. The predicted molar refractivity (Wildman–Crippen MR) is 160 cm³/mol. The zero-order valence-electron chi connectivity index (χ0n) is 23.1. The Bertz CT molecular complexity index is 1350. The van der Waals surface area contributed by atoms with Crippen LogP contribution >= 0.6 is 11.8 Å². The number of rotatable bonds is 10. The van der Waals surface area contributed by atoms with Gasteiger partial charge in [0.25, 0.3) is 0 Å². The number of benzene rings is 2. The number of anilines is 1. The molecule has 0 aromatic heterocycles. The van der Waals surface area contributed by atoms with Crippen molar-refractivity contribution in [3.63, 3.8) is 0 Å². The quantitative estimate of drug-likeness (QED) is 0.245. The highest BCUT2D eigenvalue weighted by molar-refractivity contribution is 8.01. The Morgan fingerprint density at radius 3 is 2.51 bits per heavy atom. The molecule has 4 rings (SSSR count). The molecule has 41 heavy (non-hydrogen) atoms. The van der Waals surface area contributed by atoms with Gasteiger partial charge in [-0.1, -0.05) is 0 Å². The minimum Gasteiger partial charge on any atom is -0.403 e. The highest BCUT2D eigenvalue weighted by atomic mass is 32.2. The fraction of sp³-hybridized carbons (Fsp3) is 0.345. The van der Waals surface area contributed by atoms with Gasteiger partial charge in [-0.05, 0) is 68.3 Å². The number of amidine groups is 1. The number of ether oxygens (including phenoxy) is 1. The third-order valence-corrected chi connectivity index (χ3v) is 8.32. The molecule has 1 atom stereocenters. The summed E-state index contributed by atoms with van der Waals surface area (Å²) in [6, 6.07) is 9.97. The van der Waals surface area contributed by atoms with Crippen molar-refractivity contribution in [2.45, 2.75) is 35.4 Å². The average Bonchev–Trinajstić information content (AvgIpc) is 3.75. The van der Waals surface area contributed by atoms with E-state index >= 15 is 0 Å². The van der Waals surface area contributed by atoms with Gasteiger partial charge in [-0.3, -0.25) is 9.89 Å². The molecule has 2 amide bonds. The molecule has 12 heteroatoms. The Labute approximate surface area is 242 Å². The molecule has 2 aromatic rings. The molecule has 2 aliphatic rings. The number of urea groups is 1. The number of halogens is 2. The number of nitrogens with two attached hydrogens (primary N) is 2. The number of carbonyl (C=O) groups excluding carboxylic acids is 1. The highest BCUT2D eigenvalue weighted by Crippen LogP contribution is 2.57. The fourth-order valence-electron chi connectivity index (χ4n) is 4.37. The molecule has 218 valence electrons. The Morgan fingerprint density at radius 2 is 1.88 bits per heavy atom. The summed E-state index contributed by atoms with van der Waals surface area (Å²) in [5.41, 5.74) is 14.2. The predicted octanol–water partition coefficient (Wildman–Crippen LogP) is 4.22. The molecule has 9 nitrogen and oxygen atoms in total. The lowest BCUT2D eigenvalue weighted by atomic mass is 10.1. The van der Waals surface area contributed by atoms with Crippen molar-refractivity contribution < 1.29 is 18.3 Å². The second-order valence-electron chi connectivity index (χ2n) is 9.77. The van der Waals surface area contributed by atoms with E-state index in [-0.39, 0.29) is 16.8 Å². The maximum Gasteiger partial charge on any atom is 0.323 e. The van der Waals surface area contributed by atoms with Crippen molar-refractivity contribution in [2.75, 3.05) is 38.7 Å². The molecule has 0 spiro atoms. The minimum absolute atomic E-state index is 0.0381. The Balaban J connectivity index is 1.57. The van der Waals surface area contributed by atoms with E-state index in [9.17, 15) is 13.6 Å². The van der Waals surface area contributed by atoms with Gasteiger partial charge in [-0.2, -0.15) is 0 Å². The van der Waals surface area contributed by atoms with Gasteiger partial charge in [0.05, 0.1) is 29.4 Å². The van der Waals surface area contributed by atoms with E-state index in [1.165, 1.54) is 30.2 Å². The molecular formula is C29H35F2N7O2S. The number of nitrogens with one attached hydrogen (secondary N) is 2. The van der Waals surface area contributed by atoms with E-state index in [2.05, 4.69) is 33.5 Å². The zero-order chi connectivity index (χ0) is 29.4. The Kier molecular flexibility index (Phi) is 10.1. The van der Waals surface area contributed by atoms with Crippen molar-refractivity contribution in [2.24, 2.45) is 21.5 Å². The van der Waals surface area contributed by atoms with Crippen molar-refractivity contribution in [1.82, 2.24) is 10.2 Å². The first-order chi connectivity index (χ1) is 19.7. The van der Waals surface area contributed by atoms with Gasteiger partial charge in [0, 0.05) is 54.7 Å². The number of carbonyl (C=O) groups is 1. The number of morpholine rings is 1. The summed E-state index contributed by atoms with van der Waals surface area (Å²) in [7, 11) is 1.57. The minimum atomic E-state index is -0.518. The molecule has 0 bridgehead atoms. The largest absolute Gasteiger partial charge is 0.403 e. The van der Waals surface area contributed by atoms with Crippen LogP contribution in [0.2, 0.25) is 0 Å². The lowest BCUT2D eigenvalue weighted by Gasteiger charge is -2.31. The van der Waals surface area contributed by atoms with Crippen LogP contribution in [-0.2, 0) is 4.74 Å². The first kappa shape index (κ1) is 30.2. The molecule has 6 N–H and O–H groups in total. The van der Waals surface area contributed by atoms with Crippen LogP contribution in [0.15, 0.2) is 81.0 Å². The highest BCUT2D eigenvalue weighted by Gasteiger charge is 2.48. The first-order valence-electron chi connectivity index (χ1n) is 13.3. The molecule has 1 aliphatic carbocycles. The number of hydrogen-bond acceptors (Lipinski definition) is 7. The van der Waals surface area contributed by atoms with Gasteiger partial charge in [-0.25, -0.2) is 18.6 Å². The van der Waals surface area contributed by atoms with Crippen LogP contribution in [0.5, 0.6) is 0 Å². The van der Waals surface area contributed by atoms with E-state index in [0.29, 0.717) is 30.2 Å². The Morgan fingerprint density at radius 1 is 1.17 bits per heavy atom. The molecule has 1 aliphatic heterocycles. The van der Waals surface area contributed by atoms with Gasteiger partial charge in [0.2, 0.25) is 0 Å². The zero-order valence-corrected chi connectivity index (χ0v) is 23.9. The summed E-state index contributed by atoms with van der Waals surface area (Å²) in [5, 5.41) is 5.31. The van der Waals surface area contributed by atoms with Crippen LogP contribution in [0.1, 0.15) is 25.3 Å². The number of allylic oxidation sites excluding steroid dienone is 1. The Hall–Kier alpha value is -3.74. The normalized spacial score (nSPS) is 18.8. The number of amides is 2. The maximum atomic E-state index is 14.6. The van der Waals surface area contributed by atoms with E-state index in [1.54, 1.807) is 31.3 Å². The SMILES string of the molecule is CN=CC(=CN)NC(=O)Nc1ccc(C(N)=N/C(=C\C(C)N2CCOCC2)C2(Sc3cc(F)ccc3F)CC2)cc1. The van der Waals surface area contributed by atoms with E-state index < -0.39 is 22.4 Å². The van der Waals surface area contributed by atoms with E-state index in [0.717, 1.165) is 43.8 Å². The molecule has 2 aromatic carbocycles. The molecular weight excluding hydrogens is 548 g/mol. The van der Waals surface area contributed by atoms with Gasteiger partial charge in [-0.15, -0.1) is 11.8 Å². The second-order valence-corrected chi connectivity index (χ2v) is 11.2.